The van der Waals surface area contributed by atoms with Gasteiger partial charge in [0.15, 0.2) is 0 Å². The van der Waals surface area contributed by atoms with Gasteiger partial charge in [-0.1, -0.05) is 30.7 Å². The molecule has 2 rings (SSSR count). The van der Waals surface area contributed by atoms with Crippen LogP contribution in [0.2, 0.25) is 5.02 Å². The fourth-order valence-corrected chi connectivity index (χ4v) is 3.49. The molecule has 1 aromatic carbocycles. The van der Waals surface area contributed by atoms with Gasteiger partial charge in [0.25, 0.3) is 0 Å². The number of aryl methyl sites for hydroxylation is 2. The summed E-state index contributed by atoms with van der Waals surface area (Å²) in [5, 5.41) is 8.74. The molecule has 0 fully saturated rings. The van der Waals surface area contributed by atoms with E-state index in [1.54, 1.807) is 0 Å². The molecule has 0 radical (unpaired) electrons. The van der Waals surface area contributed by atoms with Crippen LogP contribution in [0.1, 0.15) is 23.9 Å². The van der Waals surface area contributed by atoms with Crippen molar-refractivity contribution < 1.29 is 0 Å². The Morgan fingerprint density at radius 2 is 2.14 bits per heavy atom. The normalized spacial score (nSPS) is 12.6. The van der Waals surface area contributed by atoms with Gasteiger partial charge in [-0.15, -0.1) is 0 Å². The summed E-state index contributed by atoms with van der Waals surface area (Å²) in [6.07, 6.45) is 2.80. The zero-order valence-electron chi connectivity index (χ0n) is 12.7. The molecule has 0 saturated carbocycles. The van der Waals surface area contributed by atoms with Crippen molar-refractivity contribution >= 4 is 27.5 Å². The number of halogens is 2. The van der Waals surface area contributed by atoms with E-state index in [2.05, 4.69) is 39.3 Å². The lowest BCUT2D eigenvalue weighted by molar-refractivity contribution is 0.532. The van der Waals surface area contributed by atoms with Crippen LogP contribution in [0.3, 0.4) is 0 Å². The van der Waals surface area contributed by atoms with E-state index in [1.165, 1.54) is 11.3 Å². The molecule has 1 N–H and O–H groups in total. The second-order valence-electron chi connectivity index (χ2n) is 5.21. The van der Waals surface area contributed by atoms with Crippen LogP contribution in [0, 0.1) is 0 Å². The lowest BCUT2D eigenvalue weighted by Gasteiger charge is -2.17. The van der Waals surface area contributed by atoms with E-state index in [-0.39, 0.29) is 0 Å². The van der Waals surface area contributed by atoms with Crippen LogP contribution < -0.4 is 5.32 Å². The number of likely N-dealkylation sites (N-methyl/N-ethyl adjacent to an activating group) is 1. The quantitative estimate of drug-likeness (QED) is 0.839. The van der Waals surface area contributed by atoms with Crippen molar-refractivity contribution in [3.05, 3.63) is 50.7 Å². The van der Waals surface area contributed by atoms with Gasteiger partial charge >= 0.3 is 0 Å². The average molecular weight is 371 g/mol. The first-order valence-corrected chi connectivity index (χ1v) is 8.34. The van der Waals surface area contributed by atoms with E-state index in [0.717, 1.165) is 34.5 Å². The number of rotatable bonds is 6. The van der Waals surface area contributed by atoms with E-state index in [9.17, 15) is 0 Å². The third-order valence-electron chi connectivity index (χ3n) is 3.72. The van der Waals surface area contributed by atoms with Crippen molar-refractivity contribution in [3.8, 4) is 0 Å². The van der Waals surface area contributed by atoms with Gasteiger partial charge in [0, 0.05) is 24.5 Å². The van der Waals surface area contributed by atoms with Gasteiger partial charge in [-0.05, 0) is 53.5 Å². The molecule has 0 spiro atoms. The first kappa shape index (κ1) is 16.5. The van der Waals surface area contributed by atoms with Crippen molar-refractivity contribution in [2.45, 2.75) is 32.2 Å². The highest BCUT2D eigenvalue weighted by Gasteiger charge is 2.17. The Morgan fingerprint density at radius 1 is 1.38 bits per heavy atom. The molecule has 114 valence electrons. The van der Waals surface area contributed by atoms with Gasteiger partial charge in [-0.3, -0.25) is 4.68 Å². The minimum atomic E-state index is 0.347. The van der Waals surface area contributed by atoms with Gasteiger partial charge in [-0.25, -0.2) is 0 Å². The molecule has 1 atom stereocenters. The molecule has 1 heterocycles. The maximum Gasteiger partial charge on any atom is 0.0766 e. The molecule has 0 aliphatic rings. The van der Waals surface area contributed by atoms with E-state index in [0.29, 0.717) is 6.04 Å². The van der Waals surface area contributed by atoms with Crippen molar-refractivity contribution in [3.63, 3.8) is 0 Å². The van der Waals surface area contributed by atoms with Crippen molar-refractivity contribution in [1.82, 2.24) is 15.1 Å². The molecule has 5 heteroatoms. The molecule has 2 aromatic rings. The van der Waals surface area contributed by atoms with Gasteiger partial charge in [-0.2, -0.15) is 5.10 Å². The Bertz CT molecular complexity index is 610. The maximum atomic E-state index is 6.06. The van der Waals surface area contributed by atoms with E-state index in [1.807, 2.05) is 37.0 Å². The number of hydrogen-bond acceptors (Lipinski definition) is 2. The van der Waals surface area contributed by atoms with Crippen molar-refractivity contribution in [2.75, 3.05) is 7.05 Å². The molecule has 0 amide bonds. The number of benzene rings is 1. The summed E-state index contributed by atoms with van der Waals surface area (Å²) in [5.41, 5.74) is 3.59. The van der Waals surface area contributed by atoms with Crippen LogP contribution in [0.15, 0.2) is 28.7 Å². The zero-order chi connectivity index (χ0) is 15.4. The highest BCUT2D eigenvalue weighted by atomic mass is 79.9. The molecule has 1 unspecified atom stereocenters. The molecule has 0 aliphatic heterocycles. The highest BCUT2D eigenvalue weighted by Crippen LogP contribution is 2.23. The molecule has 0 bridgehead atoms. The van der Waals surface area contributed by atoms with E-state index < -0.39 is 0 Å². The lowest BCUT2D eigenvalue weighted by Crippen LogP contribution is -2.30. The molecular weight excluding hydrogens is 350 g/mol. The van der Waals surface area contributed by atoms with Gasteiger partial charge in [0.05, 0.1) is 15.9 Å². The average Bonchev–Trinajstić information content (AvgIpc) is 2.73. The molecule has 0 saturated heterocycles. The molecule has 3 nitrogen and oxygen atoms in total. The molecule has 1 aromatic heterocycles. The molecule has 21 heavy (non-hydrogen) atoms. The predicted octanol–water partition coefficient (Wildman–Crippen LogP) is 3.77. The number of aromatic nitrogens is 2. The summed E-state index contributed by atoms with van der Waals surface area (Å²) in [6.45, 7) is 2.12. The second kappa shape index (κ2) is 7.43. The van der Waals surface area contributed by atoms with Gasteiger partial charge < -0.3 is 5.32 Å². The first-order chi connectivity index (χ1) is 10.0. The summed E-state index contributed by atoms with van der Waals surface area (Å²) < 4.78 is 3.12. The Morgan fingerprint density at radius 3 is 2.71 bits per heavy atom. The summed E-state index contributed by atoms with van der Waals surface area (Å²) in [7, 11) is 4.01. The number of nitrogens with zero attached hydrogens (tertiary/aromatic N) is 2. The lowest BCUT2D eigenvalue weighted by atomic mass is 10.0. The summed E-state index contributed by atoms with van der Waals surface area (Å²) in [6, 6.07) is 8.40. The number of nitrogens with one attached hydrogen (secondary N) is 1. The van der Waals surface area contributed by atoms with Crippen molar-refractivity contribution in [2.24, 2.45) is 7.05 Å². The maximum absolute atomic E-state index is 6.06. The van der Waals surface area contributed by atoms with Crippen LogP contribution in [-0.4, -0.2) is 22.9 Å². The van der Waals surface area contributed by atoms with Crippen LogP contribution in [0.25, 0.3) is 0 Å². The summed E-state index contributed by atoms with van der Waals surface area (Å²) >= 11 is 9.75. The van der Waals surface area contributed by atoms with Gasteiger partial charge in [0.1, 0.15) is 0 Å². The third kappa shape index (κ3) is 4.09. The minimum Gasteiger partial charge on any atom is -0.316 e. The van der Waals surface area contributed by atoms with Crippen LogP contribution in [0.5, 0.6) is 0 Å². The zero-order valence-corrected chi connectivity index (χ0v) is 15.0. The number of hydrogen-bond donors (Lipinski definition) is 1. The standard InChI is InChI=1S/C16H21BrClN3/c1-4-14-16(17)15(21(3)20-14)10-13(19-2)9-11-6-5-7-12(18)8-11/h5-8,13,19H,4,9-10H2,1-3H3. The van der Waals surface area contributed by atoms with E-state index >= 15 is 0 Å². The van der Waals surface area contributed by atoms with Gasteiger partial charge in [0.2, 0.25) is 0 Å². The first-order valence-electron chi connectivity index (χ1n) is 7.17. The van der Waals surface area contributed by atoms with Crippen molar-refractivity contribution in [1.29, 1.82) is 0 Å². The topological polar surface area (TPSA) is 29.9 Å². The third-order valence-corrected chi connectivity index (χ3v) is 4.87. The molecular formula is C16H21BrClN3. The summed E-state index contributed by atoms with van der Waals surface area (Å²) in [4.78, 5) is 0. The highest BCUT2D eigenvalue weighted by molar-refractivity contribution is 9.10. The van der Waals surface area contributed by atoms with Crippen LogP contribution in [0.4, 0.5) is 0 Å². The van der Waals surface area contributed by atoms with E-state index in [4.69, 9.17) is 11.6 Å². The fraction of sp³-hybridized carbons (Fsp3) is 0.438. The Labute approximate surface area is 139 Å². The van der Waals surface area contributed by atoms with Crippen LogP contribution >= 0.6 is 27.5 Å². The smallest absolute Gasteiger partial charge is 0.0766 e. The second-order valence-corrected chi connectivity index (χ2v) is 6.44. The Balaban J connectivity index is 2.14. The summed E-state index contributed by atoms with van der Waals surface area (Å²) in [5.74, 6) is 0. The molecule has 0 aliphatic carbocycles. The fourth-order valence-electron chi connectivity index (χ4n) is 2.50. The Kier molecular flexibility index (Phi) is 5.85. The monoisotopic (exact) mass is 369 g/mol. The SMILES string of the molecule is CCc1nn(C)c(CC(Cc2cccc(Cl)c2)NC)c1Br. The minimum absolute atomic E-state index is 0.347. The predicted molar refractivity (Wildman–Crippen MR) is 92.0 cm³/mol. The van der Waals surface area contributed by atoms with Crippen LogP contribution in [-0.2, 0) is 26.3 Å². The largest absolute Gasteiger partial charge is 0.316 e. The Hall–Kier alpha value is -0.840.